The van der Waals surface area contributed by atoms with Gasteiger partial charge in [-0.25, -0.2) is 0 Å². The highest BCUT2D eigenvalue weighted by atomic mass is 35.5. The summed E-state index contributed by atoms with van der Waals surface area (Å²) in [6.45, 7) is 3.10. The van der Waals surface area contributed by atoms with Crippen molar-refractivity contribution >= 4 is 29.1 Å². The number of carbonyl (C=O) groups excluding carboxylic acids is 2. The molecule has 0 aliphatic carbocycles. The van der Waals surface area contributed by atoms with Crippen LogP contribution in [0, 0.1) is 0 Å². The fourth-order valence-corrected chi connectivity index (χ4v) is 3.03. The first-order valence-corrected chi connectivity index (χ1v) is 8.30. The average molecular weight is 347 g/mol. The fraction of sp³-hybridized carbons (Fsp3) is 0.353. The first kappa shape index (κ1) is 16.5. The molecule has 2 heterocycles. The van der Waals surface area contributed by atoms with E-state index in [9.17, 15) is 9.59 Å². The predicted molar refractivity (Wildman–Crippen MR) is 92.2 cm³/mol. The number of carbonyl (C=O) groups is 2. The molecule has 1 aliphatic rings. The monoisotopic (exact) mass is 346 g/mol. The Morgan fingerprint density at radius 3 is 2.96 bits per heavy atom. The first-order valence-electron chi connectivity index (χ1n) is 7.93. The van der Waals surface area contributed by atoms with E-state index in [1.165, 1.54) is 0 Å². The Kier molecular flexibility index (Phi) is 4.85. The highest BCUT2D eigenvalue weighted by molar-refractivity contribution is 6.31. The second-order valence-corrected chi connectivity index (χ2v) is 6.35. The van der Waals surface area contributed by atoms with Crippen molar-refractivity contribution in [3.8, 4) is 0 Å². The van der Waals surface area contributed by atoms with Crippen molar-refractivity contribution in [1.29, 1.82) is 0 Å². The van der Waals surface area contributed by atoms with E-state index in [2.05, 4.69) is 10.4 Å². The Hall–Kier alpha value is -2.34. The van der Waals surface area contributed by atoms with E-state index < -0.39 is 0 Å². The number of nitrogens with one attached hydrogen (secondary N) is 1. The van der Waals surface area contributed by atoms with Gasteiger partial charge < -0.3 is 10.2 Å². The third kappa shape index (κ3) is 3.59. The smallest absolute Gasteiger partial charge is 0.253 e. The number of amides is 2. The molecule has 2 amide bonds. The molecule has 1 saturated heterocycles. The number of aromatic nitrogens is 2. The van der Waals surface area contributed by atoms with Crippen LogP contribution in [0.5, 0.6) is 0 Å². The molecule has 1 aromatic carbocycles. The molecule has 1 atom stereocenters. The molecule has 0 saturated carbocycles. The summed E-state index contributed by atoms with van der Waals surface area (Å²) in [4.78, 5) is 26.3. The summed E-state index contributed by atoms with van der Waals surface area (Å²) < 4.78 is 1.76. The molecule has 0 radical (unpaired) electrons. The van der Waals surface area contributed by atoms with Crippen molar-refractivity contribution in [2.45, 2.75) is 32.4 Å². The summed E-state index contributed by atoms with van der Waals surface area (Å²) in [5.74, 6) is -0.197. The topological polar surface area (TPSA) is 67.2 Å². The molecule has 1 N–H and O–H groups in total. The minimum Gasteiger partial charge on any atom is -0.348 e. The van der Waals surface area contributed by atoms with Gasteiger partial charge in [-0.1, -0.05) is 11.6 Å². The van der Waals surface area contributed by atoms with Crippen molar-refractivity contribution in [1.82, 2.24) is 15.1 Å². The molecule has 0 spiro atoms. The molecule has 0 bridgehead atoms. The Balaban J connectivity index is 1.78. The Morgan fingerprint density at radius 1 is 1.46 bits per heavy atom. The van der Waals surface area contributed by atoms with Gasteiger partial charge in [-0.05, 0) is 37.6 Å². The molecule has 0 unspecified atom stereocenters. The Labute approximate surface area is 145 Å². The van der Waals surface area contributed by atoms with Gasteiger partial charge in [0.25, 0.3) is 5.91 Å². The second kappa shape index (κ2) is 7.05. The molecule has 1 aromatic heterocycles. The first-order chi connectivity index (χ1) is 11.5. The van der Waals surface area contributed by atoms with Gasteiger partial charge in [0.1, 0.15) is 0 Å². The lowest BCUT2D eigenvalue weighted by Crippen LogP contribution is -2.37. The standard InChI is InChI=1S/C17H19ClN4O2/c1-12(11-21-8-3-7-19-21)20-17(24)14-6-5-13(18)10-15(14)22-9-2-4-16(22)23/h3,5-8,10,12H,2,4,9,11H2,1H3,(H,20,24)/t12-/m0/s1. The van der Waals surface area contributed by atoms with Crippen molar-refractivity contribution in [2.75, 3.05) is 11.4 Å². The molecule has 3 rings (SSSR count). The minimum atomic E-state index is -0.221. The van der Waals surface area contributed by atoms with Gasteiger partial charge in [0, 0.05) is 36.4 Å². The quantitative estimate of drug-likeness (QED) is 0.904. The van der Waals surface area contributed by atoms with Crippen LogP contribution in [0.1, 0.15) is 30.1 Å². The third-order valence-electron chi connectivity index (χ3n) is 3.97. The number of rotatable bonds is 5. The molecular formula is C17H19ClN4O2. The molecular weight excluding hydrogens is 328 g/mol. The largest absolute Gasteiger partial charge is 0.348 e. The number of hydrogen-bond acceptors (Lipinski definition) is 3. The highest BCUT2D eigenvalue weighted by Gasteiger charge is 2.26. The third-order valence-corrected chi connectivity index (χ3v) is 4.20. The summed E-state index contributed by atoms with van der Waals surface area (Å²) in [7, 11) is 0. The lowest BCUT2D eigenvalue weighted by Gasteiger charge is -2.21. The maximum absolute atomic E-state index is 12.7. The van der Waals surface area contributed by atoms with E-state index in [1.54, 1.807) is 34.0 Å². The van der Waals surface area contributed by atoms with Crippen molar-refractivity contribution in [3.63, 3.8) is 0 Å². The zero-order valence-corrected chi connectivity index (χ0v) is 14.2. The maximum atomic E-state index is 12.7. The van der Waals surface area contributed by atoms with Crippen LogP contribution >= 0.6 is 11.6 Å². The molecule has 2 aromatic rings. The summed E-state index contributed by atoms with van der Waals surface area (Å²) >= 11 is 6.07. The van der Waals surface area contributed by atoms with Crippen LogP contribution in [0.3, 0.4) is 0 Å². The number of anilines is 1. The van der Waals surface area contributed by atoms with Gasteiger partial charge in [-0.15, -0.1) is 0 Å². The number of hydrogen-bond donors (Lipinski definition) is 1. The van der Waals surface area contributed by atoms with Gasteiger partial charge in [-0.2, -0.15) is 5.10 Å². The Morgan fingerprint density at radius 2 is 2.29 bits per heavy atom. The van der Waals surface area contributed by atoms with Crippen LogP contribution in [0.25, 0.3) is 0 Å². The molecule has 7 heteroatoms. The molecule has 24 heavy (non-hydrogen) atoms. The lowest BCUT2D eigenvalue weighted by molar-refractivity contribution is -0.117. The van der Waals surface area contributed by atoms with Crippen molar-refractivity contribution in [3.05, 3.63) is 47.2 Å². The summed E-state index contributed by atoms with van der Waals surface area (Å²) in [5, 5.41) is 7.59. The maximum Gasteiger partial charge on any atom is 0.253 e. The van der Waals surface area contributed by atoms with Gasteiger partial charge >= 0.3 is 0 Å². The van der Waals surface area contributed by atoms with Crippen molar-refractivity contribution in [2.24, 2.45) is 0 Å². The molecule has 1 aliphatic heterocycles. The van der Waals surface area contributed by atoms with E-state index in [-0.39, 0.29) is 17.9 Å². The van der Waals surface area contributed by atoms with E-state index in [4.69, 9.17) is 11.6 Å². The normalized spacial score (nSPS) is 15.6. The number of benzene rings is 1. The number of halogens is 1. The van der Waals surface area contributed by atoms with E-state index in [1.807, 2.05) is 19.2 Å². The second-order valence-electron chi connectivity index (χ2n) is 5.91. The number of nitrogens with zero attached hydrogens (tertiary/aromatic N) is 3. The fourth-order valence-electron chi connectivity index (χ4n) is 2.86. The summed E-state index contributed by atoms with van der Waals surface area (Å²) in [5.41, 5.74) is 1.04. The van der Waals surface area contributed by atoms with Crippen LogP contribution in [-0.2, 0) is 11.3 Å². The van der Waals surface area contributed by atoms with Crippen molar-refractivity contribution < 1.29 is 9.59 Å². The summed E-state index contributed by atoms with van der Waals surface area (Å²) in [6, 6.07) is 6.75. The zero-order valence-electron chi connectivity index (χ0n) is 13.4. The van der Waals surface area contributed by atoms with Gasteiger partial charge in [0.05, 0.1) is 17.8 Å². The van der Waals surface area contributed by atoms with Crippen LogP contribution in [0.4, 0.5) is 5.69 Å². The van der Waals surface area contributed by atoms with Crippen LogP contribution in [-0.4, -0.2) is 34.2 Å². The molecule has 6 nitrogen and oxygen atoms in total. The average Bonchev–Trinajstić information content (AvgIpc) is 3.18. The van der Waals surface area contributed by atoms with Gasteiger partial charge in [-0.3, -0.25) is 14.3 Å². The SMILES string of the molecule is C[C@@H](Cn1cccn1)NC(=O)c1ccc(Cl)cc1N1CCCC1=O. The molecule has 126 valence electrons. The van der Waals surface area contributed by atoms with Crippen LogP contribution in [0.2, 0.25) is 5.02 Å². The van der Waals surface area contributed by atoms with E-state index in [0.717, 1.165) is 6.42 Å². The molecule has 1 fully saturated rings. The lowest BCUT2D eigenvalue weighted by atomic mass is 10.1. The van der Waals surface area contributed by atoms with E-state index in [0.29, 0.717) is 35.8 Å². The van der Waals surface area contributed by atoms with E-state index >= 15 is 0 Å². The zero-order chi connectivity index (χ0) is 17.1. The van der Waals surface area contributed by atoms with Gasteiger partial charge in [0.2, 0.25) is 5.91 Å². The minimum absolute atomic E-state index is 0.0240. The van der Waals surface area contributed by atoms with Crippen LogP contribution in [0.15, 0.2) is 36.7 Å². The highest BCUT2D eigenvalue weighted by Crippen LogP contribution is 2.28. The van der Waals surface area contributed by atoms with Gasteiger partial charge in [0.15, 0.2) is 0 Å². The predicted octanol–water partition coefficient (Wildman–Crippen LogP) is 2.48. The Bertz CT molecular complexity index is 745. The summed E-state index contributed by atoms with van der Waals surface area (Å²) in [6.07, 6.45) is 4.84. The van der Waals surface area contributed by atoms with Crippen LogP contribution < -0.4 is 10.2 Å².